The quantitative estimate of drug-likeness (QED) is 0.579. The van der Waals surface area contributed by atoms with E-state index in [0.717, 1.165) is 11.1 Å². The second-order valence-electron chi connectivity index (χ2n) is 5.87. The topological polar surface area (TPSA) is 76.7 Å². The van der Waals surface area contributed by atoms with Crippen LogP contribution in [0.2, 0.25) is 0 Å². The number of phenolic OH excluding ortho intramolecular Hbond substituents is 1. The molecule has 25 heavy (non-hydrogen) atoms. The van der Waals surface area contributed by atoms with Crippen LogP contribution in [0.25, 0.3) is 11.0 Å². The lowest BCUT2D eigenvalue weighted by molar-refractivity contribution is 0.0473. The summed E-state index contributed by atoms with van der Waals surface area (Å²) in [5, 5.41) is 10.6. The Labute approximate surface area is 144 Å². The predicted octanol–water partition coefficient (Wildman–Crippen LogP) is 3.73. The molecule has 1 aromatic heterocycles. The van der Waals surface area contributed by atoms with E-state index in [1.165, 1.54) is 12.1 Å². The third-order valence-electron chi connectivity index (χ3n) is 4.02. The number of carbonyl (C=O) groups excluding carboxylic acids is 1. The number of fused-ring (bicyclic) bond motifs is 1. The second kappa shape index (κ2) is 6.81. The van der Waals surface area contributed by atoms with Gasteiger partial charge < -0.3 is 14.3 Å². The molecule has 0 atom stereocenters. The molecule has 5 heteroatoms. The second-order valence-corrected chi connectivity index (χ2v) is 5.87. The van der Waals surface area contributed by atoms with E-state index in [1.54, 1.807) is 24.3 Å². The number of hydrogen-bond donors (Lipinski definition) is 1. The van der Waals surface area contributed by atoms with Gasteiger partial charge in [-0.15, -0.1) is 0 Å². The molecule has 0 fully saturated rings. The number of aryl methyl sites for hydroxylation is 2. The summed E-state index contributed by atoms with van der Waals surface area (Å²) in [7, 11) is 0. The molecule has 0 unspecified atom stereocenters. The molecule has 0 radical (unpaired) electrons. The zero-order valence-electron chi connectivity index (χ0n) is 14.0. The minimum absolute atomic E-state index is 0.0528. The molecule has 128 valence electrons. The van der Waals surface area contributed by atoms with Crippen LogP contribution in [-0.2, 0) is 17.8 Å². The molecule has 0 saturated heterocycles. The fourth-order valence-electron chi connectivity index (χ4n) is 2.71. The third kappa shape index (κ3) is 3.55. The van der Waals surface area contributed by atoms with E-state index >= 15 is 0 Å². The largest absolute Gasteiger partial charge is 0.508 e. The molecule has 3 aromatic rings. The zero-order chi connectivity index (χ0) is 18.0. The van der Waals surface area contributed by atoms with Gasteiger partial charge >= 0.3 is 11.6 Å². The van der Waals surface area contributed by atoms with Crippen LogP contribution in [0.15, 0.2) is 51.7 Å². The van der Waals surface area contributed by atoms with Gasteiger partial charge in [-0.3, -0.25) is 0 Å². The van der Waals surface area contributed by atoms with Crippen molar-refractivity contribution in [2.45, 2.75) is 26.9 Å². The van der Waals surface area contributed by atoms with Crippen LogP contribution in [0.1, 0.15) is 34.0 Å². The van der Waals surface area contributed by atoms with E-state index in [1.807, 2.05) is 19.9 Å². The third-order valence-corrected chi connectivity index (χ3v) is 4.02. The summed E-state index contributed by atoms with van der Waals surface area (Å²) in [5.41, 5.74) is 2.40. The van der Waals surface area contributed by atoms with Gasteiger partial charge in [0.25, 0.3) is 0 Å². The monoisotopic (exact) mass is 338 g/mol. The van der Waals surface area contributed by atoms with Crippen LogP contribution in [0.4, 0.5) is 0 Å². The normalized spacial score (nSPS) is 10.8. The average molecular weight is 338 g/mol. The highest BCUT2D eigenvalue weighted by molar-refractivity contribution is 5.90. The number of hydrogen-bond acceptors (Lipinski definition) is 5. The van der Waals surface area contributed by atoms with E-state index < -0.39 is 11.6 Å². The van der Waals surface area contributed by atoms with E-state index in [0.29, 0.717) is 22.9 Å². The highest BCUT2D eigenvalue weighted by Crippen LogP contribution is 2.27. The molecule has 1 heterocycles. The molecule has 0 aliphatic rings. The Morgan fingerprint density at radius 2 is 1.96 bits per heavy atom. The summed E-state index contributed by atoms with van der Waals surface area (Å²) in [4.78, 5) is 23.9. The molecule has 0 spiro atoms. The first-order valence-electron chi connectivity index (χ1n) is 8.00. The maximum Gasteiger partial charge on any atom is 0.338 e. The van der Waals surface area contributed by atoms with Crippen molar-refractivity contribution < 1.29 is 19.1 Å². The van der Waals surface area contributed by atoms with Crippen molar-refractivity contribution in [3.8, 4) is 5.75 Å². The molecule has 0 aliphatic carbocycles. The Bertz CT molecular complexity index is 1000. The number of esters is 1. The summed E-state index contributed by atoms with van der Waals surface area (Å²) < 4.78 is 10.5. The summed E-state index contributed by atoms with van der Waals surface area (Å²) >= 11 is 0. The molecule has 0 aliphatic heterocycles. The standard InChI is InChI=1S/C20H18O5/c1-3-13-8-16-15(9-19(22)25-18(16)10-17(13)21)11-24-20(23)14-6-4-5-12(2)7-14/h4-10,21H,3,11H2,1-2H3. The minimum Gasteiger partial charge on any atom is -0.508 e. The van der Waals surface area contributed by atoms with Gasteiger partial charge in [0.2, 0.25) is 0 Å². The molecule has 3 rings (SSSR count). The van der Waals surface area contributed by atoms with Crippen molar-refractivity contribution >= 4 is 16.9 Å². The number of ether oxygens (including phenoxy) is 1. The molecule has 0 saturated carbocycles. The van der Waals surface area contributed by atoms with Crippen LogP contribution in [-0.4, -0.2) is 11.1 Å². The maximum atomic E-state index is 12.2. The molecule has 1 N–H and O–H groups in total. The van der Waals surface area contributed by atoms with Gasteiger partial charge in [0, 0.05) is 23.1 Å². The maximum absolute atomic E-state index is 12.2. The lowest BCUT2D eigenvalue weighted by atomic mass is 10.0. The van der Waals surface area contributed by atoms with Crippen molar-refractivity contribution in [3.05, 3.63) is 75.1 Å². The van der Waals surface area contributed by atoms with Crippen molar-refractivity contribution in [1.82, 2.24) is 0 Å². The van der Waals surface area contributed by atoms with Gasteiger partial charge in [-0.1, -0.05) is 24.6 Å². The number of aromatic hydroxyl groups is 1. The van der Waals surface area contributed by atoms with E-state index in [4.69, 9.17) is 9.15 Å². The number of rotatable bonds is 4. The van der Waals surface area contributed by atoms with E-state index in [9.17, 15) is 14.7 Å². The van der Waals surface area contributed by atoms with Gasteiger partial charge in [0.15, 0.2) is 0 Å². The fourth-order valence-corrected chi connectivity index (χ4v) is 2.71. The van der Waals surface area contributed by atoms with Gasteiger partial charge in [-0.05, 0) is 37.1 Å². The molecule has 0 amide bonds. The Morgan fingerprint density at radius 3 is 2.68 bits per heavy atom. The van der Waals surface area contributed by atoms with Crippen molar-refractivity contribution in [2.75, 3.05) is 0 Å². The molecular formula is C20H18O5. The Morgan fingerprint density at radius 1 is 1.16 bits per heavy atom. The number of carbonyl (C=O) groups is 1. The lowest BCUT2D eigenvalue weighted by Crippen LogP contribution is -2.08. The molecule has 0 bridgehead atoms. The first-order valence-corrected chi connectivity index (χ1v) is 8.00. The predicted molar refractivity (Wildman–Crippen MR) is 93.8 cm³/mol. The molecule has 5 nitrogen and oxygen atoms in total. The fraction of sp³-hybridized carbons (Fsp3) is 0.200. The highest BCUT2D eigenvalue weighted by Gasteiger charge is 2.13. The first kappa shape index (κ1) is 16.8. The summed E-state index contributed by atoms with van der Waals surface area (Å²) in [5.74, 6) is -0.383. The Kier molecular flexibility index (Phi) is 4.57. The van der Waals surface area contributed by atoms with Crippen LogP contribution in [0.3, 0.4) is 0 Å². The van der Waals surface area contributed by atoms with Crippen molar-refractivity contribution in [1.29, 1.82) is 0 Å². The van der Waals surface area contributed by atoms with E-state index in [2.05, 4.69) is 0 Å². The van der Waals surface area contributed by atoms with Gasteiger partial charge in [-0.25, -0.2) is 9.59 Å². The number of benzene rings is 2. The van der Waals surface area contributed by atoms with E-state index in [-0.39, 0.29) is 17.9 Å². The summed E-state index contributed by atoms with van der Waals surface area (Å²) in [6, 6.07) is 11.6. The molecular weight excluding hydrogens is 320 g/mol. The number of phenols is 1. The van der Waals surface area contributed by atoms with Crippen LogP contribution in [0.5, 0.6) is 5.75 Å². The van der Waals surface area contributed by atoms with Crippen LogP contribution >= 0.6 is 0 Å². The zero-order valence-corrected chi connectivity index (χ0v) is 14.0. The molecule has 2 aromatic carbocycles. The summed E-state index contributed by atoms with van der Waals surface area (Å²) in [6.45, 7) is 3.76. The van der Waals surface area contributed by atoms with Crippen molar-refractivity contribution in [3.63, 3.8) is 0 Å². The Balaban J connectivity index is 1.93. The van der Waals surface area contributed by atoms with Gasteiger partial charge in [0.1, 0.15) is 17.9 Å². The first-order chi connectivity index (χ1) is 12.0. The van der Waals surface area contributed by atoms with Gasteiger partial charge in [-0.2, -0.15) is 0 Å². The average Bonchev–Trinajstić information content (AvgIpc) is 2.58. The van der Waals surface area contributed by atoms with Gasteiger partial charge in [0.05, 0.1) is 5.56 Å². The van der Waals surface area contributed by atoms with Crippen LogP contribution in [0, 0.1) is 6.92 Å². The smallest absolute Gasteiger partial charge is 0.338 e. The SMILES string of the molecule is CCc1cc2c(COC(=O)c3cccc(C)c3)cc(=O)oc2cc1O. The highest BCUT2D eigenvalue weighted by atomic mass is 16.5. The lowest BCUT2D eigenvalue weighted by Gasteiger charge is -2.10. The van der Waals surface area contributed by atoms with Crippen LogP contribution < -0.4 is 5.63 Å². The Hall–Kier alpha value is -3.08. The minimum atomic E-state index is -0.558. The summed E-state index contributed by atoms with van der Waals surface area (Å²) in [6.07, 6.45) is 0.628. The van der Waals surface area contributed by atoms with Crippen molar-refractivity contribution in [2.24, 2.45) is 0 Å².